The van der Waals surface area contributed by atoms with Gasteiger partial charge in [-0.1, -0.05) is 28.1 Å². The van der Waals surface area contributed by atoms with Crippen molar-refractivity contribution in [1.29, 1.82) is 0 Å². The summed E-state index contributed by atoms with van der Waals surface area (Å²) in [6.45, 7) is 6.41. The highest BCUT2D eigenvalue weighted by Crippen LogP contribution is 2.30. The van der Waals surface area contributed by atoms with Gasteiger partial charge in [0.05, 0.1) is 6.04 Å². The Bertz CT molecular complexity index is 622. The number of hydrogen-bond acceptors (Lipinski definition) is 1. The van der Waals surface area contributed by atoms with Gasteiger partial charge in [-0.2, -0.15) is 0 Å². The zero-order chi connectivity index (χ0) is 14.2. The maximum absolute atomic E-state index is 6.48. The van der Waals surface area contributed by atoms with Crippen molar-refractivity contribution in [1.82, 2.24) is 0 Å². The molecule has 0 aromatic heterocycles. The molecule has 0 spiro atoms. The molecular weight excluding hydrogens is 413 g/mol. The van der Waals surface area contributed by atoms with E-state index in [1.165, 1.54) is 31.4 Å². The molecule has 0 aliphatic carbocycles. The van der Waals surface area contributed by atoms with Gasteiger partial charge in [0.2, 0.25) is 0 Å². The van der Waals surface area contributed by atoms with Gasteiger partial charge in [0.25, 0.3) is 0 Å². The van der Waals surface area contributed by atoms with E-state index in [2.05, 4.69) is 83.6 Å². The summed E-state index contributed by atoms with van der Waals surface area (Å²) in [5.41, 5.74) is 12.7. The van der Waals surface area contributed by atoms with E-state index in [1.807, 2.05) is 6.07 Å². The van der Waals surface area contributed by atoms with Gasteiger partial charge in [0.1, 0.15) is 0 Å². The second kappa shape index (κ2) is 5.94. The molecule has 0 saturated heterocycles. The Labute approximate surface area is 136 Å². The first-order chi connectivity index (χ1) is 8.90. The molecular formula is C16H17BrIN. The standard InChI is InChI=1S/C16H17BrIN/c1-9-6-11(3)13(7-10(9)2)16(19)14-8-12(17)4-5-15(14)18/h4-8,16H,19H2,1-3H3. The topological polar surface area (TPSA) is 26.0 Å². The van der Waals surface area contributed by atoms with Crippen molar-refractivity contribution in [2.45, 2.75) is 26.8 Å². The summed E-state index contributed by atoms with van der Waals surface area (Å²) in [6, 6.07) is 10.6. The largest absolute Gasteiger partial charge is 0.320 e. The van der Waals surface area contributed by atoms with Crippen LogP contribution in [-0.2, 0) is 0 Å². The van der Waals surface area contributed by atoms with Crippen LogP contribution in [0.4, 0.5) is 0 Å². The highest BCUT2D eigenvalue weighted by Gasteiger charge is 2.15. The Morgan fingerprint density at radius 1 is 0.947 bits per heavy atom. The average Bonchev–Trinajstić information content (AvgIpc) is 2.36. The molecule has 0 saturated carbocycles. The molecule has 2 rings (SSSR count). The fraction of sp³-hybridized carbons (Fsp3) is 0.250. The summed E-state index contributed by atoms with van der Waals surface area (Å²) in [5, 5.41) is 0. The van der Waals surface area contributed by atoms with Gasteiger partial charge in [-0.3, -0.25) is 0 Å². The Morgan fingerprint density at radius 3 is 2.26 bits per heavy atom. The van der Waals surface area contributed by atoms with Crippen molar-refractivity contribution in [3.05, 3.63) is 66.2 Å². The molecule has 0 aliphatic rings. The lowest BCUT2D eigenvalue weighted by atomic mass is 9.92. The minimum atomic E-state index is -0.0799. The van der Waals surface area contributed by atoms with E-state index < -0.39 is 0 Å². The maximum Gasteiger partial charge on any atom is 0.0565 e. The molecule has 0 fully saturated rings. The van der Waals surface area contributed by atoms with Gasteiger partial charge in [0, 0.05) is 8.04 Å². The smallest absolute Gasteiger partial charge is 0.0565 e. The fourth-order valence-electron chi connectivity index (χ4n) is 2.24. The molecule has 0 amide bonds. The number of rotatable bonds is 2. The molecule has 1 atom stereocenters. The molecule has 1 unspecified atom stereocenters. The van der Waals surface area contributed by atoms with Crippen molar-refractivity contribution < 1.29 is 0 Å². The van der Waals surface area contributed by atoms with E-state index in [-0.39, 0.29) is 6.04 Å². The van der Waals surface area contributed by atoms with E-state index in [4.69, 9.17) is 5.73 Å². The van der Waals surface area contributed by atoms with Crippen LogP contribution in [-0.4, -0.2) is 0 Å². The van der Waals surface area contributed by atoms with Crippen LogP contribution in [0.2, 0.25) is 0 Å². The first-order valence-corrected chi connectivity index (χ1v) is 8.05. The molecule has 3 heteroatoms. The third-order valence-corrected chi connectivity index (χ3v) is 4.99. The number of aryl methyl sites for hydroxylation is 3. The number of nitrogens with two attached hydrogens (primary N) is 1. The molecule has 1 nitrogen and oxygen atoms in total. The minimum Gasteiger partial charge on any atom is -0.320 e. The number of benzene rings is 2. The van der Waals surface area contributed by atoms with Gasteiger partial charge in [-0.15, -0.1) is 0 Å². The van der Waals surface area contributed by atoms with E-state index in [0.29, 0.717) is 0 Å². The van der Waals surface area contributed by atoms with E-state index in [0.717, 1.165) is 4.47 Å². The second-order valence-electron chi connectivity index (χ2n) is 4.94. The van der Waals surface area contributed by atoms with Crippen molar-refractivity contribution in [3.63, 3.8) is 0 Å². The molecule has 0 heterocycles. The van der Waals surface area contributed by atoms with Crippen molar-refractivity contribution in [2.75, 3.05) is 0 Å². The third kappa shape index (κ3) is 3.20. The van der Waals surface area contributed by atoms with Crippen LogP contribution in [0.1, 0.15) is 33.9 Å². The Morgan fingerprint density at radius 2 is 1.58 bits per heavy atom. The molecule has 2 aromatic rings. The predicted molar refractivity (Wildman–Crippen MR) is 93.5 cm³/mol. The molecule has 0 radical (unpaired) electrons. The second-order valence-corrected chi connectivity index (χ2v) is 7.01. The van der Waals surface area contributed by atoms with Gasteiger partial charge < -0.3 is 5.73 Å². The van der Waals surface area contributed by atoms with Crippen molar-refractivity contribution in [2.24, 2.45) is 5.73 Å². The third-order valence-electron chi connectivity index (χ3n) is 3.51. The summed E-state index contributed by atoms with van der Waals surface area (Å²) in [6.07, 6.45) is 0. The van der Waals surface area contributed by atoms with Crippen LogP contribution in [0, 0.1) is 24.3 Å². The molecule has 0 bridgehead atoms. The summed E-state index contributed by atoms with van der Waals surface area (Å²) in [4.78, 5) is 0. The molecule has 2 aromatic carbocycles. The SMILES string of the molecule is Cc1cc(C)c(C(N)c2cc(Br)ccc2I)cc1C. The molecule has 2 N–H and O–H groups in total. The van der Waals surface area contributed by atoms with Gasteiger partial charge in [0.15, 0.2) is 0 Å². The molecule has 100 valence electrons. The lowest BCUT2D eigenvalue weighted by Crippen LogP contribution is -2.15. The zero-order valence-electron chi connectivity index (χ0n) is 11.3. The lowest BCUT2D eigenvalue weighted by Gasteiger charge is -2.19. The maximum atomic E-state index is 6.48. The Balaban J connectivity index is 2.52. The van der Waals surface area contributed by atoms with Crippen molar-refractivity contribution in [3.8, 4) is 0 Å². The van der Waals surface area contributed by atoms with Crippen LogP contribution >= 0.6 is 38.5 Å². The van der Waals surface area contributed by atoms with E-state index in [9.17, 15) is 0 Å². The van der Waals surface area contributed by atoms with Gasteiger partial charge >= 0.3 is 0 Å². The first-order valence-electron chi connectivity index (χ1n) is 6.18. The quantitative estimate of drug-likeness (QED) is 0.666. The van der Waals surface area contributed by atoms with Crippen molar-refractivity contribution >= 4 is 38.5 Å². The predicted octanol–water partition coefficient (Wildman–Crippen LogP) is 5.03. The fourth-order valence-corrected chi connectivity index (χ4v) is 3.29. The highest BCUT2D eigenvalue weighted by atomic mass is 127. The summed E-state index contributed by atoms with van der Waals surface area (Å²) < 4.78 is 2.27. The van der Waals surface area contributed by atoms with Gasteiger partial charge in [-0.05, 0) is 89.4 Å². The van der Waals surface area contributed by atoms with Crippen LogP contribution in [0.25, 0.3) is 0 Å². The van der Waals surface area contributed by atoms with Crippen LogP contribution in [0.3, 0.4) is 0 Å². The monoisotopic (exact) mass is 429 g/mol. The first kappa shape index (κ1) is 15.0. The Kier molecular flexibility index (Phi) is 4.69. The van der Waals surface area contributed by atoms with Crippen LogP contribution in [0.15, 0.2) is 34.8 Å². The molecule has 0 aliphatic heterocycles. The lowest BCUT2D eigenvalue weighted by molar-refractivity contribution is 0.851. The minimum absolute atomic E-state index is 0.0799. The van der Waals surface area contributed by atoms with Gasteiger partial charge in [-0.25, -0.2) is 0 Å². The Hall–Kier alpha value is -0.390. The normalized spacial score (nSPS) is 12.5. The summed E-state index contributed by atoms with van der Waals surface area (Å²) in [7, 11) is 0. The molecule has 19 heavy (non-hydrogen) atoms. The van der Waals surface area contributed by atoms with Crippen LogP contribution in [0.5, 0.6) is 0 Å². The summed E-state index contributed by atoms with van der Waals surface area (Å²) in [5.74, 6) is 0. The van der Waals surface area contributed by atoms with E-state index >= 15 is 0 Å². The van der Waals surface area contributed by atoms with Crippen LogP contribution < -0.4 is 5.73 Å². The average molecular weight is 430 g/mol. The highest BCUT2D eigenvalue weighted by molar-refractivity contribution is 14.1. The summed E-state index contributed by atoms with van der Waals surface area (Å²) >= 11 is 5.87. The number of hydrogen-bond donors (Lipinski definition) is 1. The van der Waals surface area contributed by atoms with E-state index in [1.54, 1.807) is 0 Å². The number of halogens is 2. The zero-order valence-corrected chi connectivity index (χ0v) is 15.0.